The second-order valence-corrected chi connectivity index (χ2v) is 4.54. The Labute approximate surface area is 111 Å². The fourth-order valence-corrected chi connectivity index (χ4v) is 2.24. The molecule has 0 N–H and O–H groups in total. The predicted molar refractivity (Wildman–Crippen MR) is 72.4 cm³/mol. The van der Waals surface area contributed by atoms with Crippen molar-refractivity contribution in [3.63, 3.8) is 0 Å². The van der Waals surface area contributed by atoms with Crippen LogP contribution in [0.25, 0.3) is 0 Å². The summed E-state index contributed by atoms with van der Waals surface area (Å²) in [6, 6.07) is 11.1. The number of aromatic nitrogens is 1. The minimum atomic E-state index is -0.0450. The summed E-state index contributed by atoms with van der Waals surface area (Å²) >= 11 is 0. The highest BCUT2D eigenvalue weighted by molar-refractivity contribution is 6.07. The van der Waals surface area contributed by atoms with Gasteiger partial charge >= 0.3 is 0 Å². The monoisotopic (exact) mass is 254 g/mol. The van der Waals surface area contributed by atoms with Gasteiger partial charge in [0.15, 0.2) is 0 Å². The van der Waals surface area contributed by atoms with Crippen molar-refractivity contribution in [1.29, 1.82) is 0 Å². The summed E-state index contributed by atoms with van der Waals surface area (Å²) in [6.45, 7) is 2.48. The first-order valence-corrected chi connectivity index (χ1v) is 6.23. The molecule has 2 heterocycles. The largest absolute Gasteiger partial charge is 0.489 e. The van der Waals surface area contributed by atoms with Crippen LogP contribution in [-0.2, 0) is 0 Å². The van der Waals surface area contributed by atoms with Gasteiger partial charge in [0.25, 0.3) is 5.91 Å². The van der Waals surface area contributed by atoms with Gasteiger partial charge in [-0.2, -0.15) is 0 Å². The van der Waals surface area contributed by atoms with Gasteiger partial charge < -0.3 is 4.74 Å². The Kier molecular flexibility index (Phi) is 2.91. The topological polar surface area (TPSA) is 42.4 Å². The van der Waals surface area contributed by atoms with E-state index in [0.717, 1.165) is 11.4 Å². The summed E-state index contributed by atoms with van der Waals surface area (Å²) in [5.74, 6) is 0.703. The van der Waals surface area contributed by atoms with Gasteiger partial charge in [-0.3, -0.25) is 14.7 Å². The van der Waals surface area contributed by atoms with Crippen molar-refractivity contribution < 1.29 is 9.53 Å². The third-order valence-electron chi connectivity index (χ3n) is 3.17. The molecule has 1 aromatic carbocycles. The van der Waals surface area contributed by atoms with E-state index in [0.29, 0.717) is 12.2 Å². The van der Waals surface area contributed by atoms with Gasteiger partial charge in [0.05, 0.1) is 17.3 Å². The van der Waals surface area contributed by atoms with E-state index in [2.05, 4.69) is 4.98 Å². The maximum Gasteiger partial charge on any atom is 0.260 e. The Morgan fingerprint density at radius 1 is 1.32 bits per heavy atom. The van der Waals surface area contributed by atoms with Crippen molar-refractivity contribution in [2.75, 3.05) is 11.5 Å². The van der Waals surface area contributed by atoms with E-state index in [4.69, 9.17) is 4.74 Å². The summed E-state index contributed by atoms with van der Waals surface area (Å²) in [4.78, 5) is 18.4. The fraction of sp³-hybridized carbons (Fsp3) is 0.200. The number of anilines is 1. The maximum absolute atomic E-state index is 12.6. The standard InChI is InChI=1S/C15H14N2O2/c1-11-10-19-14-7-3-2-6-13(14)17(11)15(18)12-5-4-8-16-9-12/h2-9,11H,10H2,1H3. The molecule has 1 unspecified atom stereocenters. The molecule has 0 saturated carbocycles. The maximum atomic E-state index is 12.6. The van der Waals surface area contributed by atoms with E-state index in [1.807, 2.05) is 31.2 Å². The molecule has 4 heteroatoms. The highest BCUT2D eigenvalue weighted by atomic mass is 16.5. The van der Waals surface area contributed by atoms with E-state index < -0.39 is 0 Å². The van der Waals surface area contributed by atoms with Gasteiger partial charge in [-0.1, -0.05) is 12.1 Å². The van der Waals surface area contributed by atoms with Crippen molar-refractivity contribution in [3.05, 3.63) is 54.4 Å². The Balaban J connectivity index is 2.02. The van der Waals surface area contributed by atoms with Gasteiger partial charge in [0.1, 0.15) is 12.4 Å². The number of carbonyl (C=O) groups excluding carboxylic acids is 1. The molecule has 2 aromatic rings. The number of para-hydroxylation sites is 2. The average Bonchev–Trinajstić information content (AvgIpc) is 2.47. The molecule has 4 nitrogen and oxygen atoms in total. The molecule has 1 amide bonds. The van der Waals surface area contributed by atoms with Crippen LogP contribution in [0.1, 0.15) is 17.3 Å². The number of rotatable bonds is 1. The second kappa shape index (κ2) is 4.72. The molecule has 19 heavy (non-hydrogen) atoms. The molecular weight excluding hydrogens is 240 g/mol. The van der Waals surface area contributed by atoms with Crippen LogP contribution in [0.3, 0.4) is 0 Å². The van der Waals surface area contributed by atoms with Crippen LogP contribution in [-0.4, -0.2) is 23.5 Å². The minimum Gasteiger partial charge on any atom is -0.489 e. The lowest BCUT2D eigenvalue weighted by Gasteiger charge is -2.35. The molecule has 96 valence electrons. The lowest BCUT2D eigenvalue weighted by atomic mass is 10.1. The smallest absolute Gasteiger partial charge is 0.260 e. The van der Waals surface area contributed by atoms with E-state index in [-0.39, 0.29) is 11.9 Å². The number of hydrogen-bond acceptors (Lipinski definition) is 3. The van der Waals surface area contributed by atoms with E-state index in [9.17, 15) is 4.79 Å². The molecule has 1 aromatic heterocycles. The Morgan fingerprint density at radius 2 is 2.16 bits per heavy atom. The van der Waals surface area contributed by atoms with Crippen molar-refractivity contribution >= 4 is 11.6 Å². The summed E-state index contributed by atoms with van der Waals surface area (Å²) in [5.41, 5.74) is 1.40. The average molecular weight is 254 g/mol. The molecule has 0 saturated heterocycles. The minimum absolute atomic E-state index is 0.00241. The molecule has 1 aliphatic heterocycles. The summed E-state index contributed by atoms with van der Waals surface area (Å²) in [7, 11) is 0. The summed E-state index contributed by atoms with van der Waals surface area (Å²) in [5, 5.41) is 0. The van der Waals surface area contributed by atoms with Crippen molar-refractivity contribution in [3.8, 4) is 5.75 Å². The SMILES string of the molecule is CC1COc2ccccc2N1C(=O)c1cccnc1. The van der Waals surface area contributed by atoms with E-state index >= 15 is 0 Å². The highest BCUT2D eigenvalue weighted by Gasteiger charge is 2.29. The van der Waals surface area contributed by atoms with Crippen LogP contribution in [0.2, 0.25) is 0 Å². The number of nitrogens with zero attached hydrogens (tertiary/aromatic N) is 2. The third-order valence-corrected chi connectivity index (χ3v) is 3.17. The predicted octanol–water partition coefficient (Wildman–Crippen LogP) is 2.51. The first kappa shape index (κ1) is 11.7. The zero-order valence-corrected chi connectivity index (χ0v) is 10.6. The van der Waals surface area contributed by atoms with Crippen LogP contribution < -0.4 is 9.64 Å². The highest BCUT2D eigenvalue weighted by Crippen LogP contribution is 2.34. The van der Waals surface area contributed by atoms with Crippen LogP contribution in [0.5, 0.6) is 5.75 Å². The second-order valence-electron chi connectivity index (χ2n) is 4.54. The number of amides is 1. The molecular formula is C15H14N2O2. The molecule has 0 fully saturated rings. The van der Waals surface area contributed by atoms with E-state index in [1.54, 1.807) is 29.4 Å². The van der Waals surface area contributed by atoms with Gasteiger partial charge in [-0.05, 0) is 31.2 Å². The molecule has 0 spiro atoms. The number of carbonyl (C=O) groups is 1. The number of benzene rings is 1. The Bertz CT molecular complexity index is 598. The first-order chi connectivity index (χ1) is 9.27. The zero-order chi connectivity index (χ0) is 13.2. The lowest BCUT2D eigenvalue weighted by molar-refractivity contribution is 0.0960. The Hall–Kier alpha value is -2.36. The molecule has 0 aliphatic carbocycles. The molecule has 3 rings (SSSR count). The number of ether oxygens (including phenoxy) is 1. The van der Waals surface area contributed by atoms with Crippen molar-refractivity contribution in [2.45, 2.75) is 13.0 Å². The third kappa shape index (κ3) is 2.05. The summed E-state index contributed by atoms with van der Waals surface area (Å²) < 4.78 is 5.64. The molecule has 1 aliphatic rings. The Morgan fingerprint density at radius 3 is 2.95 bits per heavy atom. The number of fused-ring (bicyclic) bond motifs is 1. The van der Waals surface area contributed by atoms with E-state index in [1.165, 1.54) is 0 Å². The van der Waals surface area contributed by atoms with Crippen molar-refractivity contribution in [1.82, 2.24) is 4.98 Å². The van der Waals surface area contributed by atoms with Crippen molar-refractivity contribution in [2.24, 2.45) is 0 Å². The molecule has 1 atom stereocenters. The van der Waals surface area contributed by atoms with Crippen LogP contribution >= 0.6 is 0 Å². The van der Waals surface area contributed by atoms with Crippen LogP contribution in [0, 0.1) is 0 Å². The summed E-state index contributed by atoms with van der Waals surface area (Å²) in [6.07, 6.45) is 3.25. The molecule has 0 radical (unpaired) electrons. The van der Waals surface area contributed by atoms with Gasteiger partial charge in [0, 0.05) is 12.4 Å². The van der Waals surface area contributed by atoms with Gasteiger partial charge in [0.2, 0.25) is 0 Å². The zero-order valence-electron chi connectivity index (χ0n) is 10.6. The molecule has 0 bridgehead atoms. The fourth-order valence-electron chi connectivity index (χ4n) is 2.24. The van der Waals surface area contributed by atoms with Crippen LogP contribution in [0.15, 0.2) is 48.8 Å². The first-order valence-electron chi connectivity index (χ1n) is 6.23. The quantitative estimate of drug-likeness (QED) is 0.785. The van der Waals surface area contributed by atoms with Crippen LogP contribution in [0.4, 0.5) is 5.69 Å². The normalized spacial score (nSPS) is 17.5. The number of hydrogen-bond donors (Lipinski definition) is 0. The van der Waals surface area contributed by atoms with Gasteiger partial charge in [-0.15, -0.1) is 0 Å². The lowest BCUT2D eigenvalue weighted by Crippen LogP contribution is -2.45. The van der Waals surface area contributed by atoms with Gasteiger partial charge in [-0.25, -0.2) is 0 Å². The number of pyridine rings is 1.